The van der Waals surface area contributed by atoms with Crippen LogP contribution in [0.1, 0.15) is 40.2 Å². The Bertz CT molecular complexity index is 684. The summed E-state index contributed by atoms with van der Waals surface area (Å²) in [6.07, 6.45) is 0.394. The van der Waals surface area contributed by atoms with Crippen LogP contribution < -0.4 is 15.1 Å². The lowest BCUT2D eigenvalue weighted by molar-refractivity contribution is 0.0583. The highest BCUT2D eigenvalue weighted by atomic mass is 35.5. The van der Waals surface area contributed by atoms with Gasteiger partial charge in [0.25, 0.3) is 0 Å². The van der Waals surface area contributed by atoms with Crippen molar-refractivity contribution in [2.75, 3.05) is 36.0 Å². The van der Waals surface area contributed by atoms with Crippen LogP contribution in [0, 0.1) is 0 Å². The Morgan fingerprint density at radius 3 is 2.72 bits per heavy atom. The molecule has 2 aliphatic rings. The predicted octanol–water partition coefficient (Wildman–Crippen LogP) is 3.22. The first-order chi connectivity index (χ1) is 11.6. The van der Waals surface area contributed by atoms with Gasteiger partial charge in [0.2, 0.25) is 0 Å². The minimum Gasteiger partial charge on any atom is -0.443 e. The normalized spacial score (nSPS) is 19.8. The second kappa shape index (κ2) is 6.32. The van der Waals surface area contributed by atoms with Crippen LogP contribution in [-0.4, -0.2) is 48.4 Å². The third-order valence-corrected chi connectivity index (χ3v) is 4.61. The summed E-state index contributed by atoms with van der Waals surface area (Å²) in [5.74, 6) is 0.632. The largest absolute Gasteiger partial charge is 0.443 e. The van der Waals surface area contributed by atoms with Crippen LogP contribution in [0.15, 0.2) is 6.07 Å². The number of halogens is 1. The van der Waals surface area contributed by atoms with Crippen molar-refractivity contribution in [3.63, 3.8) is 0 Å². The molecule has 25 heavy (non-hydrogen) atoms. The Balaban J connectivity index is 1.92. The van der Waals surface area contributed by atoms with Gasteiger partial charge >= 0.3 is 6.09 Å². The van der Waals surface area contributed by atoms with Crippen molar-refractivity contribution >= 4 is 29.2 Å². The van der Waals surface area contributed by atoms with Crippen molar-refractivity contribution in [1.29, 1.82) is 0 Å². The molecule has 0 bridgehead atoms. The topological polar surface area (TPSA) is 57.7 Å². The van der Waals surface area contributed by atoms with Gasteiger partial charge in [0, 0.05) is 43.0 Å². The lowest BCUT2D eigenvalue weighted by atomic mass is 10.0. The van der Waals surface area contributed by atoms with Crippen molar-refractivity contribution in [3.05, 3.63) is 16.8 Å². The fraction of sp³-hybridized carbons (Fsp3) is 0.667. The van der Waals surface area contributed by atoms with E-state index in [0.717, 1.165) is 37.3 Å². The van der Waals surface area contributed by atoms with Gasteiger partial charge in [-0.05, 0) is 47.1 Å². The SMILES string of the molecule is CC1(C)CN(c2cc(Cl)nc3c2CCN3C(=O)OC(C)(C)C)CCN1. The molecule has 0 radical (unpaired) electrons. The van der Waals surface area contributed by atoms with E-state index < -0.39 is 5.60 Å². The van der Waals surface area contributed by atoms with Gasteiger partial charge in [0.1, 0.15) is 16.6 Å². The molecule has 138 valence electrons. The molecule has 0 atom stereocenters. The molecular weight excluding hydrogens is 340 g/mol. The first kappa shape index (κ1) is 18.3. The molecular formula is C18H27ClN4O2. The molecule has 1 N–H and O–H groups in total. The lowest BCUT2D eigenvalue weighted by Crippen LogP contribution is -2.57. The first-order valence-corrected chi connectivity index (χ1v) is 9.13. The number of carbonyl (C=O) groups excluding carboxylic acids is 1. The van der Waals surface area contributed by atoms with Gasteiger partial charge < -0.3 is 15.0 Å². The number of rotatable bonds is 1. The van der Waals surface area contributed by atoms with Crippen molar-refractivity contribution in [1.82, 2.24) is 10.3 Å². The molecule has 0 spiro atoms. The fourth-order valence-corrected chi connectivity index (χ4v) is 3.62. The van der Waals surface area contributed by atoms with E-state index in [9.17, 15) is 4.79 Å². The second-order valence-electron chi connectivity index (χ2n) is 8.38. The van der Waals surface area contributed by atoms with Gasteiger partial charge in [-0.1, -0.05) is 11.6 Å². The number of anilines is 2. The smallest absolute Gasteiger partial charge is 0.416 e. The first-order valence-electron chi connectivity index (χ1n) is 8.76. The minimum absolute atomic E-state index is 0.0321. The third-order valence-electron chi connectivity index (χ3n) is 4.41. The number of piperazine rings is 1. The van der Waals surface area contributed by atoms with Gasteiger partial charge in [-0.25, -0.2) is 9.78 Å². The molecule has 1 saturated heterocycles. The molecule has 0 saturated carbocycles. The van der Waals surface area contributed by atoms with Crippen molar-refractivity contribution < 1.29 is 9.53 Å². The zero-order valence-electron chi connectivity index (χ0n) is 15.6. The molecule has 1 amide bonds. The van der Waals surface area contributed by atoms with E-state index in [-0.39, 0.29) is 11.6 Å². The third kappa shape index (κ3) is 4.01. The zero-order valence-corrected chi connectivity index (χ0v) is 16.4. The molecule has 3 rings (SSSR count). The molecule has 7 heteroatoms. The Morgan fingerprint density at radius 1 is 1.36 bits per heavy atom. The highest BCUT2D eigenvalue weighted by Crippen LogP contribution is 2.37. The average molecular weight is 367 g/mol. The van der Waals surface area contributed by atoms with E-state index in [1.54, 1.807) is 4.90 Å². The van der Waals surface area contributed by atoms with E-state index in [2.05, 4.69) is 29.0 Å². The maximum Gasteiger partial charge on any atom is 0.416 e. The van der Waals surface area contributed by atoms with Crippen molar-refractivity contribution in [2.24, 2.45) is 0 Å². The minimum atomic E-state index is -0.538. The molecule has 3 heterocycles. The van der Waals surface area contributed by atoms with E-state index in [1.807, 2.05) is 26.8 Å². The molecule has 0 unspecified atom stereocenters. The summed E-state index contributed by atoms with van der Waals surface area (Å²) < 4.78 is 5.52. The molecule has 0 aromatic carbocycles. The number of carbonyl (C=O) groups is 1. The Labute approximate surface area is 154 Å². The molecule has 0 aliphatic carbocycles. The number of nitrogens with one attached hydrogen (secondary N) is 1. The van der Waals surface area contributed by atoms with Crippen molar-refractivity contribution in [2.45, 2.75) is 52.2 Å². The number of aromatic nitrogens is 1. The summed E-state index contributed by atoms with van der Waals surface area (Å²) in [6, 6.07) is 1.92. The summed E-state index contributed by atoms with van der Waals surface area (Å²) in [5.41, 5.74) is 1.65. The summed E-state index contributed by atoms with van der Waals surface area (Å²) in [6.45, 7) is 13.2. The average Bonchev–Trinajstić information content (AvgIpc) is 2.87. The molecule has 2 aliphatic heterocycles. The predicted molar refractivity (Wildman–Crippen MR) is 101 cm³/mol. The second-order valence-corrected chi connectivity index (χ2v) is 8.77. The zero-order chi connectivity index (χ0) is 18.4. The van der Waals surface area contributed by atoms with Crippen LogP contribution in [0.3, 0.4) is 0 Å². The Kier molecular flexibility index (Phi) is 4.62. The molecule has 1 aromatic rings. The summed E-state index contributed by atoms with van der Waals surface area (Å²) in [5, 5.41) is 3.92. The van der Waals surface area contributed by atoms with Gasteiger partial charge in [0.15, 0.2) is 0 Å². The highest BCUT2D eigenvalue weighted by Gasteiger charge is 2.35. The number of hydrogen-bond donors (Lipinski definition) is 1. The molecule has 1 fully saturated rings. The number of fused-ring (bicyclic) bond motifs is 1. The molecule has 1 aromatic heterocycles. The number of hydrogen-bond acceptors (Lipinski definition) is 5. The number of ether oxygens (including phenoxy) is 1. The van der Waals surface area contributed by atoms with Crippen LogP contribution in [0.25, 0.3) is 0 Å². The number of amides is 1. The maximum absolute atomic E-state index is 12.5. The fourth-order valence-electron chi connectivity index (χ4n) is 3.43. The molecule has 6 nitrogen and oxygen atoms in total. The number of nitrogens with zero attached hydrogens (tertiary/aromatic N) is 3. The van der Waals surface area contributed by atoms with Gasteiger partial charge in [-0.15, -0.1) is 0 Å². The van der Waals surface area contributed by atoms with Crippen molar-refractivity contribution in [3.8, 4) is 0 Å². The standard InChI is InChI=1S/C18H27ClN4O2/c1-17(2,3)25-16(24)23-8-6-12-13(10-14(19)21-15(12)23)22-9-7-20-18(4,5)11-22/h10,20H,6-9,11H2,1-5H3. The Morgan fingerprint density at radius 2 is 2.08 bits per heavy atom. The number of pyridine rings is 1. The van der Waals surface area contributed by atoms with Gasteiger partial charge in [-0.3, -0.25) is 4.90 Å². The van der Waals surface area contributed by atoms with E-state index in [0.29, 0.717) is 17.5 Å². The van der Waals surface area contributed by atoms with E-state index >= 15 is 0 Å². The van der Waals surface area contributed by atoms with E-state index in [4.69, 9.17) is 16.3 Å². The van der Waals surface area contributed by atoms with Gasteiger partial charge in [-0.2, -0.15) is 0 Å². The van der Waals surface area contributed by atoms with Gasteiger partial charge in [0.05, 0.1) is 0 Å². The van der Waals surface area contributed by atoms with Crippen LogP contribution in [0.2, 0.25) is 5.15 Å². The maximum atomic E-state index is 12.5. The van der Waals surface area contributed by atoms with E-state index in [1.165, 1.54) is 0 Å². The van der Waals surface area contributed by atoms with Crippen LogP contribution in [0.5, 0.6) is 0 Å². The lowest BCUT2D eigenvalue weighted by Gasteiger charge is -2.41. The van der Waals surface area contributed by atoms with Crippen LogP contribution >= 0.6 is 11.6 Å². The summed E-state index contributed by atoms with van der Waals surface area (Å²) in [7, 11) is 0. The monoisotopic (exact) mass is 366 g/mol. The Hall–Kier alpha value is -1.53. The quantitative estimate of drug-likeness (QED) is 0.773. The van der Waals surface area contributed by atoms with Crippen LogP contribution in [-0.2, 0) is 11.2 Å². The summed E-state index contributed by atoms with van der Waals surface area (Å²) >= 11 is 6.29. The summed E-state index contributed by atoms with van der Waals surface area (Å²) in [4.78, 5) is 20.9. The highest BCUT2D eigenvalue weighted by molar-refractivity contribution is 6.30. The van der Waals surface area contributed by atoms with Crippen LogP contribution in [0.4, 0.5) is 16.3 Å².